The first-order valence-corrected chi connectivity index (χ1v) is 8.61. The lowest BCUT2D eigenvalue weighted by Gasteiger charge is -2.22. The predicted octanol–water partition coefficient (Wildman–Crippen LogP) is 0.738. The van der Waals surface area contributed by atoms with E-state index in [2.05, 4.69) is 5.32 Å². The van der Waals surface area contributed by atoms with E-state index in [4.69, 9.17) is 15.2 Å². The summed E-state index contributed by atoms with van der Waals surface area (Å²) in [5.41, 5.74) is 6.41. The second-order valence-electron chi connectivity index (χ2n) is 6.10. The number of fused-ring (bicyclic) bond motifs is 1. The SMILES string of the molecule is NC(=O)C(O)[C@@H]1CCCCCOCCOCc2ccccc2C(=O)N1. The molecule has 2 atom stereocenters. The van der Waals surface area contributed by atoms with Gasteiger partial charge in [0.15, 0.2) is 6.10 Å². The highest BCUT2D eigenvalue weighted by molar-refractivity contribution is 5.96. The van der Waals surface area contributed by atoms with Gasteiger partial charge in [-0.05, 0) is 24.5 Å². The van der Waals surface area contributed by atoms with Crippen LogP contribution in [0, 0.1) is 0 Å². The van der Waals surface area contributed by atoms with Gasteiger partial charge in [-0.25, -0.2) is 0 Å². The van der Waals surface area contributed by atoms with Gasteiger partial charge in [-0.3, -0.25) is 9.59 Å². The number of aliphatic hydroxyl groups excluding tert-OH is 1. The van der Waals surface area contributed by atoms with Gasteiger partial charge in [0.05, 0.1) is 25.9 Å². The van der Waals surface area contributed by atoms with Crippen molar-refractivity contribution in [1.29, 1.82) is 0 Å². The second-order valence-corrected chi connectivity index (χ2v) is 6.10. The molecule has 0 fully saturated rings. The van der Waals surface area contributed by atoms with Crippen LogP contribution in [-0.4, -0.2) is 48.9 Å². The van der Waals surface area contributed by atoms with Crippen LogP contribution in [0.15, 0.2) is 24.3 Å². The van der Waals surface area contributed by atoms with Gasteiger partial charge in [0.25, 0.3) is 5.91 Å². The number of hydrogen-bond donors (Lipinski definition) is 3. The number of benzene rings is 1. The molecule has 1 heterocycles. The number of primary amides is 1. The zero-order chi connectivity index (χ0) is 18.1. The first-order valence-electron chi connectivity index (χ1n) is 8.61. The molecule has 0 saturated carbocycles. The fourth-order valence-electron chi connectivity index (χ4n) is 2.77. The molecular formula is C18H26N2O5. The Kier molecular flexibility index (Phi) is 7.84. The predicted molar refractivity (Wildman–Crippen MR) is 91.8 cm³/mol. The molecule has 2 rings (SSSR count). The number of hydrogen-bond acceptors (Lipinski definition) is 5. The van der Waals surface area contributed by atoms with Crippen molar-refractivity contribution in [3.8, 4) is 0 Å². The van der Waals surface area contributed by atoms with Crippen LogP contribution in [0.25, 0.3) is 0 Å². The lowest BCUT2D eigenvalue weighted by Crippen LogP contribution is -2.49. The number of aliphatic hydroxyl groups is 1. The Labute approximate surface area is 147 Å². The Morgan fingerprint density at radius 2 is 1.92 bits per heavy atom. The highest BCUT2D eigenvalue weighted by Crippen LogP contribution is 2.13. The van der Waals surface area contributed by atoms with Crippen LogP contribution in [0.3, 0.4) is 0 Å². The molecule has 4 N–H and O–H groups in total. The molecule has 0 saturated heterocycles. The zero-order valence-electron chi connectivity index (χ0n) is 14.3. The molecule has 0 spiro atoms. The second kappa shape index (κ2) is 10.1. The van der Waals surface area contributed by atoms with Crippen molar-refractivity contribution in [2.24, 2.45) is 5.73 Å². The van der Waals surface area contributed by atoms with Crippen LogP contribution in [0.5, 0.6) is 0 Å². The van der Waals surface area contributed by atoms with Gasteiger partial charge < -0.3 is 25.6 Å². The van der Waals surface area contributed by atoms with Crippen LogP contribution in [0.2, 0.25) is 0 Å². The number of carbonyl (C=O) groups excluding carboxylic acids is 2. The summed E-state index contributed by atoms with van der Waals surface area (Å²) in [6.45, 7) is 1.89. The largest absolute Gasteiger partial charge is 0.381 e. The molecule has 1 unspecified atom stereocenters. The molecule has 138 valence electrons. The summed E-state index contributed by atoms with van der Waals surface area (Å²) in [5, 5.41) is 12.8. The van der Waals surface area contributed by atoms with E-state index < -0.39 is 18.1 Å². The molecule has 7 nitrogen and oxygen atoms in total. The van der Waals surface area contributed by atoms with Crippen molar-refractivity contribution in [3.63, 3.8) is 0 Å². The highest BCUT2D eigenvalue weighted by Gasteiger charge is 2.26. The fourth-order valence-corrected chi connectivity index (χ4v) is 2.77. The molecule has 25 heavy (non-hydrogen) atoms. The summed E-state index contributed by atoms with van der Waals surface area (Å²) in [4.78, 5) is 24.0. The van der Waals surface area contributed by atoms with Gasteiger partial charge in [0.1, 0.15) is 0 Å². The third kappa shape index (κ3) is 6.12. The summed E-state index contributed by atoms with van der Waals surface area (Å²) >= 11 is 0. The monoisotopic (exact) mass is 350 g/mol. The molecule has 7 heteroatoms. The third-order valence-electron chi connectivity index (χ3n) is 4.18. The normalized spacial score (nSPS) is 22.0. The minimum absolute atomic E-state index is 0.288. The number of nitrogens with two attached hydrogens (primary N) is 1. The zero-order valence-corrected chi connectivity index (χ0v) is 14.3. The molecule has 0 aliphatic carbocycles. The smallest absolute Gasteiger partial charge is 0.251 e. The minimum atomic E-state index is -1.42. The summed E-state index contributed by atoms with van der Waals surface area (Å²) in [5.74, 6) is -1.20. The van der Waals surface area contributed by atoms with E-state index in [1.54, 1.807) is 12.1 Å². The van der Waals surface area contributed by atoms with Crippen molar-refractivity contribution < 1.29 is 24.2 Å². The topological polar surface area (TPSA) is 111 Å². The van der Waals surface area contributed by atoms with E-state index in [1.807, 2.05) is 12.1 Å². The van der Waals surface area contributed by atoms with Crippen LogP contribution in [-0.2, 0) is 20.9 Å². The number of amides is 2. The fraction of sp³-hybridized carbons (Fsp3) is 0.556. The molecule has 1 aliphatic rings. The summed E-state index contributed by atoms with van der Waals surface area (Å²) in [7, 11) is 0. The van der Waals surface area contributed by atoms with E-state index in [0.29, 0.717) is 31.8 Å². The Hall–Kier alpha value is -1.96. The first-order chi connectivity index (χ1) is 12.1. The molecule has 1 aromatic carbocycles. The molecule has 0 radical (unpaired) electrons. The van der Waals surface area contributed by atoms with Crippen LogP contribution < -0.4 is 11.1 Å². The first kappa shape index (κ1) is 19.4. The molecular weight excluding hydrogens is 324 g/mol. The average Bonchev–Trinajstić information content (AvgIpc) is 2.61. The van der Waals surface area contributed by atoms with Gasteiger partial charge in [-0.1, -0.05) is 31.0 Å². The van der Waals surface area contributed by atoms with Crippen molar-refractivity contribution in [1.82, 2.24) is 5.32 Å². The number of rotatable bonds is 2. The van der Waals surface area contributed by atoms with Crippen molar-refractivity contribution in [2.75, 3.05) is 19.8 Å². The van der Waals surface area contributed by atoms with Crippen molar-refractivity contribution in [3.05, 3.63) is 35.4 Å². The van der Waals surface area contributed by atoms with E-state index in [1.165, 1.54) is 0 Å². The van der Waals surface area contributed by atoms with Gasteiger partial charge in [-0.2, -0.15) is 0 Å². The van der Waals surface area contributed by atoms with E-state index in [9.17, 15) is 14.7 Å². The maximum absolute atomic E-state index is 12.6. The molecule has 1 aromatic rings. The lowest BCUT2D eigenvalue weighted by molar-refractivity contribution is -0.127. The Morgan fingerprint density at radius 1 is 1.16 bits per heavy atom. The molecule has 0 bridgehead atoms. The summed E-state index contributed by atoms with van der Waals surface area (Å²) in [6, 6.07) is 6.37. The summed E-state index contributed by atoms with van der Waals surface area (Å²) < 4.78 is 11.1. The molecule has 0 aromatic heterocycles. The Balaban J connectivity index is 2.17. The van der Waals surface area contributed by atoms with Gasteiger partial charge in [0, 0.05) is 12.2 Å². The number of nitrogens with one attached hydrogen (secondary N) is 1. The molecule has 2 amide bonds. The highest BCUT2D eigenvalue weighted by atomic mass is 16.5. The van der Waals surface area contributed by atoms with Gasteiger partial charge in [0.2, 0.25) is 5.91 Å². The standard InChI is InChI=1S/C18H26N2O5/c19-17(22)16(21)15-8-2-1-5-9-24-10-11-25-12-13-6-3-4-7-14(13)18(23)20-15/h3-4,6-7,15-16,21H,1-2,5,8-12H2,(H2,19,22)(H,20,23)/t15-,16?/m0/s1. The van der Waals surface area contributed by atoms with Gasteiger partial charge in [-0.15, -0.1) is 0 Å². The quantitative estimate of drug-likeness (QED) is 0.728. The van der Waals surface area contributed by atoms with Crippen molar-refractivity contribution >= 4 is 11.8 Å². The maximum Gasteiger partial charge on any atom is 0.251 e. The Bertz CT molecular complexity index is 578. The van der Waals surface area contributed by atoms with E-state index >= 15 is 0 Å². The van der Waals surface area contributed by atoms with Crippen LogP contribution in [0.1, 0.15) is 41.6 Å². The van der Waals surface area contributed by atoms with Gasteiger partial charge >= 0.3 is 0 Å². The van der Waals surface area contributed by atoms with E-state index in [0.717, 1.165) is 24.8 Å². The number of carbonyl (C=O) groups is 2. The van der Waals surface area contributed by atoms with Crippen LogP contribution >= 0.6 is 0 Å². The lowest BCUT2D eigenvalue weighted by atomic mass is 10.0. The maximum atomic E-state index is 12.6. The summed E-state index contributed by atoms with van der Waals surface area (Å²) in [6.07, 6.45) is 1.54. The minimum Gasteiger partial charge on any atom is -0.381 e. The third-order valence-corrected chi connectivity index (χ3v) is 4.18. The molecule has 1 aliphatic heterocycles. The average molecular weight is 350 g/mol. The van der Waals surface area contributed by atoms with Crippen LogP contribution in [0.4, 0.5) is 0 Å². The van der Waals surface area contributed by atoms with Crippen molar-refractivity contribution in [2.45, 2.75) is 44.4 Å². The Morgan fingerprint density at radius 3 is 2.72 bits per heavy atom. The van der Waals surface area contributed by atoms with E-state index in [-0.39, 0.29) is 12.5 Å². The number of ether oxygens (including phenoxy) is 2.